The smallest absolute Gasteiger partial charge is 0.248 e. The van der Waals surface area contributed by atoms with Crippen molar-refractivity contribution in [3.8, 4) is 0 Å². The topological polar surface area (TPSA) is 32.3 Å². The van der Waals surface area contributed by atoms with Crippen molar-refractivity contribution in [2.75, 3.05) is 18.9 Å². The van der Waals surface area contributed by atoms with E-state index in [4.69, 9.17) is 0 Å². The Kier molecular flexibility index (Phi) is 4.77. The summed E-state index contributed by atoms with van der Waals surface area (Å²) in [6, 6.07) is 8.19. The molecule has 1 aromatic rings. The first-order chi connectivity index (χ1) is 8.65. The number of carbonyl (C=O) groups is 1. The minimum Gasteiger partial charge on any atom is -0.323 e. The van der Waals surface area contributed by atoms with Gasteiger partial charge in [0, 0.05) is 21.4 Å². The fourth-order valence-electron chi connectivity index (χ4n) is 2.09. The van der Waals surface area contributed by atoms with E-state index in [1.807, 2.05) is 30.3 Å². The molecule has 0 saturated carbocycles. The first-order valence-electron chi connectivity index (χ1n) is 6.10. The Hall–Kier alpha value is -0.880. The van der Waals surface area contributed by atoms with Crippen LogP contribution in [-0.4, -0.2) is 30.4 Å². The molecule has 1 atom stereocenters. The molecule has 1 aliphatic rings. The molecule has 4 heteroatoms. The molecule has 0 radical (unpaired) electrons. The number of anilines is 1. The van der Waals surface area contributed by atoms with E-state index in [-0.39, 0.29) is 5.91 Å². The summed E-state index contributed by atoms with van der Waals surface area (Å²) in [4.78, 5) is 14.0. The van der Waals surface area contributed by atoms with Crippen LogP contribution in [-0.2, 0) is 4.79 Å². The van der Waals surface area contributed by atoms with Gasteiger partial charge in [0.1, 0.15) is 0 Å². The zero-order chi connectivity index (χ0) is 13.0. The van der Waals surface area contributed by atoms with Gasteiger partial charge in [-0.2, -0.15) is 0 Å². The average Bonchev–Trinajstić information content (AvgIpc) is 2.75. The maximum Gasteiger partial charge on any atom is 0.248 e. The molecule has 0 spiro atoms. The lowest BCUT2D eigenvalue weighted by Crippen LogP contribution is -2.23. The molecule has 1 unspecified atom stereocenters. The summed E-state index contributed by atoms with van der Waals surface area (Å²) in [6.45, 7) is 1.12. The highest BCUT2D eigenvalue weighted by molar-refractivity contribution is 14.1. The Morgan fingerprint density at radius 1 is 1.44 bits per heavy atom. The van der Waals surface area contributed by atoms with E-state index < -0.39 is 0 Å². The number of hydrogen-bond donors (Lipinski definition) is 1. The predicted octanol–water partition coefficient (Wildman–Crippen LogP) is 2.88. The molecular formula is C14H17IN2O. The van der Waals surface area contributed by atoms with Crippen LogP contribution in [0.3, 0.4) is 0 Å². The molecule has 96 valence electrons. The molecule has 1 heterocycles. The number of amides is 1. The summed E-state index contributed by atoms with van der Waals surface area (Å²) >= 11 is 2.24. The van der Waals surface area contributed by atoms with Crippen molar-refractivity contribution in [2.24, 2.45) is 0 Å². The number of rotatable bonds is 3. The third kappa shape index (κ3) is 3.81. The zero-order valence-corrected chi connectivity index (χ0v) is 12.6. The Morgan fingerprint density at radius 2 is 2.17 bits per heavy atom. The molecule has 18 heavy (non-hydrogen) atoms. The molecule has 1 saturated heterocycles. The van der Waals surface area contributed by atoms with E-state index in [2.05, 4.69) is 39.9 Å². The molecule has 1 amide bonds. The fourth-order valence-corrected chi connectivity index (χ4v) is 2.45. The molecular weight excluding hydrogens is 339 g/mol. The fraction of sp³-hybridized carbons (Fsp3) is 0.357. The van der Waals surface area contributed by atoms with Crippen molar-refractivity contribution in [2.45, 2.75) is 18.9 Å². The van der Waals surface area contributed by atoms with Gasteiger partial charge in [-0.1, -0.05) is 6.08 Å². The molecule has 1 N–H and O–H groups in total. The second-order valence-corrected chi connectivity index (χ2v) is 5.79. The number of nitrogens with zero attached hydrogens (tertiary/aromatic N) is 1. The van der Waals surface area contributed by atoms with Crippen LogP contribution in [0.15, 0.2) is 36.4 Å². The number of likely N-dealkylation sites (N-methyl/N-ethyl adjacent to an activating group) is 1. The highest BCUT2D eigenvalue weighted by Crippen LogP contribution is 2.16. The van der Waals surface area contributed by atoms with E-state index in [1.165, 1.54) is 6.42 Å². The van der Waals surface area contributed by atoms with E-state index >= 15 is 0 Å². The van der Waals surface area contributed by atoms with Crippen LogP contribution >= 0.6 is 22.6 Å². The minimum atomic E-state index is -0.0588. The summed E-state index contributed by atoms with van der Waals surface area (Å²) in [5.41, 5.74) is 0.838. The number of carbonyl (C=O) groups excluding carboxylic acids is 1. The maximum absolute atomic E-state index is 11.7. The van der Waals surface area contributed by atoms with Crippen LogP contribution < -0.4 is 5.32 Å². The van der Waals surface area contributed by atoms with E-state index in [0.29, 0.717) is 6.04 Å². The molecule has 0 aromatic heterocycles. The van der Waals surface area contributed by atoms with Gasteiger partial charge < -0.3 is 5.32 Å². The third-order valence-corrected chi connectivity index (χ3v) is 3.88. The van der Waals surface area contributed by atoms with Crippen molar-refractivity contribution in [3.05, 3.63) is 40.0 Å². The summed E-state index contributed by atoms with van der Waals surface area (Å²) in [7, 11) is 2.10. The first-order valence-corrected chi connectivity index (χ1v) is 7.18. The van der Waals surface area contributed by atoms with Gasteiger partial charge in [0.25, 0.3) is 0 Å². The van der Waals surface area contributed by atoms with Gasteiger partial charge in [-0.25, -0.2) is 0 Å². The quantitative estimate of drug-likeness (QED) is 0.667. The summed E-state index contributed by atoms with van der Waals surface area (Å²) < 4.78 is 1.16. The van der Waals surface area contributed by atoms with Crippen LogP contribution in [0.25, 0.3) is 0 Å². The summed E-state index contributed by atoms with van der Waals surface area (Å²) in [5.74, 6) is -0.0588. The average molecular weight is 356 g/mol. The van der Waals surface area contributed by atoms with Gasteiger partial charge >= 0.3 is 0 Å². The standard InChI is InChI=1S/C14H17IN2O/c1-17-10-2-3-13(17)8-9-14(18)16-12-6-4-11(15)5-7-12/h4-9,13H,2-3,10H2,1H3,(H,16,18). The zero-order valence-electron chi connectivity index (χ0n) is 10.4. The van der Waals surface area contributed by atoms with Gasteiger partial charge in [0.05, 0.1) is 0 Å². The van der Waals surface area contributed by atoms with Gasteiger partial charge in [-0.15, -0.1) is 0 Å². The van der Waals surface area contributed by atoms with Crippen molar-refractivity contribution >= 4 is 34.2 Å². The molecule has 1 fully saturated rings. The Bertz CT molecular complexity index is 442. The molecule has 0 aliphatic carbocycles. The normalized spacial score (nSPS) is 20.4. The number of hydrogen-bond acceptors (Lipinski definition) is 2. The second kappa shape index (κ2) is 6.33. The monoisotopic (exact) mass is 356 g/mol. The van der Waals surface area contributed by atoms with Crippen LogP contribution in [0.4, 0.5) is 5.69 Å². The number of likely N-dealkylation sites (tertiary alicyclic amines) is 1. The van der Waals surface area contributed by atoms with Crippen LogP contribution in [0.1, 0.15) is 12.8 Å². The number of nitrogens with one attached hydrogen (secondary N) is 1. The van der Waals surface area contributed by atoms with Gasteiger partial charge in [0.15, 0.2) is 0 Å². The Labute approximate surface area is 121 Å². The largest absolute Gasteiger partial charge is 0.323 e. The lowest BCUT2D eigenvalue weighted by molar-refractivity contribution is -0.111. The Balaban J connectivity index is 1.88. The van der Waals surface area contributed by atoms with Crippen molar-refractivity contribution in [1.29, 1.82) is 0 Å². The molecule has 1 aromatic carbocycles. The lowest BCUT2D eigenvalue weighted by atomic mass is 10.2. The van der Waals surface area contributed by atoms with Gasteiger partial charge in [-0.3, -0.25) is 9.69 Å². The van der Waals surface area contributed by atoms with Gasteiger partial charge in [0.2, 0.25) is 5.91 Å². The van der Waals surface area contributed by atoms with E-state index in [0.717, 1.165) is 22.2 Å². The minimum absolute atomic E-state index is 0.0588. The third-order valence-electron chi connectivity index (χ3n) is 3.16. The lowest BCUT2D eigenvalue weighted by Gasteiger charge is -2.14. The van der Waals surface area contributed by atoms with Crippen LogP contribution in [0.5, 0.6) is 0 Å². The van der Waals surface area contributed by atoms with Crippen LogP contribution in [0, 0.1) is 3.57 Å². The predicted molar refractivity (Wildman–Crippen MR) is 82.6 cm³/mol. The van der Waals surface area contributed by atoms with E-state index in [9.17, 15) is 4.79 Å². The summed E-state index contributed by atoms with van der Waals surface area (Å²) in [6.07, 6.45) is 5.99. The SMILES string of the molecule is CN1CCCC1C=CC(=O)Nc1ccc(I)cc1. The highest BCUT2D eigenvalue weighted by atomic mass is 127. The first kappa shape index (κ1) is 13.5. The molecule has 3 nitrogen and oxygen atoms in total. The Morgan fingerprint density at radius 3 is 2.78 bits per heavy atom. The molecule has 0 bridgehead atoms. The van der Waals surface area contributed by atoms with Crippen LogP contribution in [0.2, 0.25) is 0 Å². The molecule has 1 aliphatic heterocycles. The highest BCUT2D eigenvalue weighted by Gasteiger charge is 2.17. The maximum atomic E-state index is 11.7. The van der Waals surface area contributed by atoms with Crippen molar-refractivity contribution in [1.82, 2.24) is 4.90 Å². The second-order valence-electron chi connectivity index (χ2n) is 4.55. The van der Waals surface area contributed by atoms with Crippen molar-refractivity contribution < 1.29 is 4.79 Å². The molecule has 2 rings (SSSR count). The summed E-state index contributed by atoms with van der Waals surface area (Å²) in [5, 5.41) is 2.86. The van der Waals surface area contributed by atoms with E-state index in [1.54, 1.807) is 6.08 Å². The van der Waals surface area contributed by atoms with Gasteiger partial charge in [-0.05, 0) is 73.3 Å². The number of benzene rings is 1. The number of halogens is 1. The van der Waals surface area contributed by atoms with Crippen molar-refractivity contribution in [3.63, 3.8) is 0 Å².